The van der Waals surface area contributed by atoms with Crippen molar-refractivity contribution in [3.63, 3.8) is 0 Å². The highest BCUT2D eigenvalue weighted by atomic mass is 32.2. The van der Waals surface area contributed by atoms with E-state index in [2.05, 4.69) is 81.7 Å². The largest absolute Gasteiger partial charge is 0.342 e. The van der Waals surface area contributed by atoms with E-state index in [1.165, 1.54) is 33.7 Å². The number of hydrogen-bond donors (Lipinski definition) is 1. The smallest absolute Gasteiger partial charge is 0.264 e. The van der Waals surface area contributed by atoms with Crippen molar-refractivity contribution in [3.05, 3.63) is 119 Å². The monoisotopic (exact) mass is 473 g/mol. The van der Waals surface area contributed by atoms with Gasteiger partial charge in [0.15, 0.2) is 5.17 Å². The Bertz CT molecular complexity index is 1640. The van der Waals surface area contributed by atoms with Crippen LogP contribution in [0.5, 0.6) is 0 Å². The van der Waals surface area contributed by atoms with Gasteiger partial charge in [0.25, 0.3) is 5.91 Å². The number of para-hydroxylation sites is 1. The van der Waals surface area contributed by atoms with Crippen LogP contribution in [0.2, 0.25) is 0 Å². The lowest BCUT2D eigenvalue weighted by molar-refractivity contribution is -0.115. The summed E-state index contributed by atoms with van der Waals surface area (Å²) in [5.41, 5.74) is 5.41. The van der Waals surface area contributed by atoms with E-state index in [4.69, 9.17) is 0 Å². The molecule has 0 unspecified atom stereocenters. The number of hydrogen-bond acceptors (Lipinski definition) is 3. The minimum absolute atomic E-state index is 0.118. The first-order chi connectivity index (χ1) is 17.1. The molecule has 0 spiro atoms. The van der Waals surface area contributed by atoms with E-state index >= 15 is 0 Å². The number of nitrogens with zero attached hydrogens (tertiary/aromatic N) is 2. The van der Waals surface area contributed by atoms with E-state index in [9.17, 15) is 4.79 Å². The molecule has 1 amide bonds. The Hall–Kier alpha value is -4.09. The number of aromatic nitrogens is 1. The van der Waals surface area contributed by atoms with Crippen LogP contribution in [0.1, 0.15) is 16.7 Å². The van der Waals surface area contributed by atoms with Crippen molar-refractivity contribution in [1.82, 2.24) is 9.88 Å². The third-order valence-electron chi connectivity index (χ3n) is 6.19. The molecule has 5 heteroatoms. The highest BCUT2D eigenvalue weighted by molar-refractivity contribution is 8.18. The Morgan fingerprint density at radius 1 is 0.914 bits per heavy atom. The molecule has 4 nitrogen and oxygen atoms in total. The zero-order chi connectivity index (χ0) is 23.8. The van der Waals surface area contributed by atoms with Crippen LogP contribution in [0.15, 0.2) is 107 Å². The maximum atomic E-state index is 12.7. The molecule has 1 aliphatic heterocycles. The summed E-state index contributed by atoms with van der Waals surface area (Å²) in [5.74, 6) is -0.118. The number of aryl methyl sites for hydroxylation is 1. The first-order valence-corrected chi connectivity index (χ1v) is 12.4. The summed E-state index contributed by atoms with van der Waals surface area (Å²) in [5, 5.41) is 7.10. The second-order valence-electron chi connectivity index (χ2n) is 8.73. The normalized spacial score (nSPS) is 16.0. The van der Waals surface area contributed by atoms with Gasteiger partial charge in [0, 0.05) is 29.2 Å². The van der Waals surface area contributed by atoms with Gasteiger partial charge < -0.3 is 9.88 Å². The Morgan fingerprint density at radius 2 is 1.69 bits per heavy atom. The van der Waals surface area contributed by atoms with Gasteiger partial charge in [-0.05, 0) is 65.4 Å². The molecule has 2 heterocycles. The molecule has 5 aromatic rings. The summed E-state index contributed by atoms with van der Waals surface area (Å²) in [6.45, 7) is 2.80. The van der Waals surface area contributed by atoms with Crippen LogP contribution in [-0.4, -0.2) is 15.6 Å². The average molecular weight is 474 g/mol. The van der Waals surface area contributed by atoms with Crippen LogP contribution in [0.25, 0.3) is 27.8 Å². The summed E-state index contributed by atoms with van der Waals surface area (Å²) in [7, 11) is 0. The van der Waals surface area contributed by atoms with E-state index in [0.29, 0.717) is 10.1 Å². The van der Waals surface area contributed by atoms with Gasteiger partial charge in [-0.1, -0.05) is 72.3 Å². The summed E-state index contributed by atoms with van der Waals surface area (Å²) < 4.78 is 2.25. The molecule has 1 N–H and O–H groups in total. The summed E-state index contributed by atoms with van der Waals surface area (Å²) in [6, 6.07) is 31.3. The van der Waals surface area contributed by atoms with Crippen molar-refractivity contribution < 1.29 is 4.79 Å². The van der Waals surface area contributed by atoms with Gasteiger partial charge in [-0.25, -0.2) is 4.99 Å². The van der Waals surface area contributed by atoms with Gasteiger partial charge in [0.1, 0.15) is 0 Å². The first kappa shape index (κ1) is 21.4. The number of carbonyl (C=O) groups excluding carboxylic acids is 1. The van der Waals surface area contributed by atoms with E-state index in [0.717, 1.165) is 28.7 Å². The van der Waals surface area contributed by atoms with E-state index in [1.54, 1.807) is 0 Å². The van der Waals surface area contributed by atoms with Crippen molar-refractivity contribution in [2.75, 3.05) is 0 Å². The standard InChI is InChI=1S/C30H23N3OS/c1-20-10-14-25(15-11-20)31-30-32-29(34)28(35-30)17-24-19-33(27-9-5-4-8-26(24)27)18-21-12-13-22-6-2-3-7-23(22)16-21/h2-17,19H,18H2,1H3,(H,31,32,34)/b28-17+. The van der Waals surface area contributed by atoms with Gasteiger partial charge in [0.2, 0.25) is 0 Å². The fraction of sp³-hybridized carbons (Fsp3) is 0.0667. The molecule has 170 valence electrons. The third kappa shape index (κ3) is 4.38. The fourth-order valence-corrected chi connectivity index (χ4v) is 5.25. The van der Waals surface area contributed by atoms with Crippen molar-refractivity contribution in [3.8, 4) is 0 Å². The Morgan fingerprint density at radius 3 is 2.54 bits per heavy atom. The summed E-state index contributed by atoms with van der Waals surface area (Å²) in [6.07, 6.45) is 4.10. The molecule has 35 heavy (non-hydrogen) atoms. The Balaban J connectivity index is 1.32. The highest BCUT2D eigenvalue weighted by Crippen LogP contribution is 2.31. The molecule has 1 aliphatic rings. The lowest BCUT2D eigenvalue weighted by atomic mass is 10.1. The van der Waals surface area contributed by atoms with E-state index < -0.39 is 0 Å². The number of rotatable bonds is 4. The predicted molar refractivity (Wildman–Crippen MR) is 147 cm³/mol. The second-order valence-corrected chi connectivity index (χ2v) is 9.76. The zero-order valence-corrected chi connectivity index (χ0v) is 20.0. The molecular formula is C30H23N3OS. The molecule has 0 radical (unpaired) electrons. The number of nitrogens with one attached hydrogen (secondary N) is 1. The number of aliphatic imine (C=N–C) groups is 1. The highest BCUT2D eigenvalue weighted by Gasteiger charge is 2.24. The van der Waals surface area contributed by atoms with Crippen LogP contribution in [0.4, 0.5) is 5.69 Å². The lowest BCUT2D eigenvalue weighted by Gasteiger charge is -2.07. The molecule has 4 aromatic carbocycles. The molecule has 0 bridgehead atoms. The van der Waals surface area contributed by atoms with Gasteiger partial charge in [-0.3, -0.25) is 4.79 Å². The molecule has 1 saturated heterocycles. The van der Waals surface area contributed by atoms with Crippen molar-refractivity contribution in [2.24, 2.45) is 4.99 Å². The molecule has 0 aliphatic carbocycles. The maximum Gasteiger partial charge on any atom is 0.264 e. The number of thioether (sulfide) groups is 1. The quantitative estimate of drug-likeness (QED) is 0.285. The lowest BCUT2D eigenvalue weighted by Crippen LogP contribution is -2.19. The molecule has 0 saturated carbocycles. The van der Waals surface area contributed by atoms with Crippen LogP contribution >= 0.6 is 11.8 Å². The van der Waals surface area contributed by atoms with Crippen molar-refractivity contribution in [2.45, 2.75) is 13.5 Å². The maximum absolute atomic E-state index is 12.7. The number of benzene rings is 4. The molecule has 1 aromatic heterocycles. The predicted octanol–water partition coefficient (Wildman–Crippen LogP) is 7.04. The Labute approximate surface area is 208 Å². The third-order valence-corrected chi connectivity index (χ3v) is 7.10. The SMILES string of the molecule is Cc1ccc(N=C2NC(=O)/C(=C\c3cn(Cc4ccc5ccccc5c4)c4ccccc34)S2)cc1. The van der Waals surface area contributed by atoms with E-state index in [1.807, 2.05) is 43.3 Å². The van der Waals surface area contributed by atoms with Crippen LogP contribution < -0.4 is 5.32 Å². The van der Waals surface area contributed by atoms with Crippen molar-refractivity contribution in [1.29, 1.82) is 0 Å². The second kappa shape index (κ2) is 8.93. The van der Waals surface area contributed by atoms with Gasteiger partial charge in [0.05, 0.1) is 10.6 Å². The van der Waals surface area contributed by atoms with Crippen molar-refractivity contribution >= 4 is 56.3 Å². The zero-order valence-electron chi connectivity index (χ0n) is 19.2. The number of amidine groups is 1. The topological polar surface area (TPSA) is 46.4 Å². The molecular weight excluding hydrogens is 450 g/mol. The minimum Gasteiger partial charge on any atom is -0.342 e. The molecule has 6 rings (SSSR count). The minimum atomic E-state index is -0.118. The Kier molecular flexibility index (Phi) is 5.47. The number of fused-ring (bicyclic) bond motifs is 2. The average Bonchev–Trinajstić information content (AvgIpc) is 3.40. The van der Waals surface area contributed by atoms with E-state index in [-0.39, 0.29) is 5.91 Å². The number of carbonyl (C=O) groups is 1. The summed E-state index contributed by atoms with van der Waals surface area (Å²) >= 11 is 1.38. The molecule has 0 atom stereocenters. The fourth-order valence-electron chi connectivity index (χ4n) is 4.41. The van der Waals surface area contributed by atoms with Crippen LogP contribution in [0.3, 0.4) is 0 Å². The first-order valence-electron chi connectivity index (χ1n) is 11.5. The van der Waals surface area contributed by atoms with Gasteiger partial charge in [-0.2, -0.15) is 0 Å². The van der Waals surface area contributed by atoms with Gasteiger partial charge in [-0.15, -0.1) is 0 Å². The molecule has 1 fully saturated rings. The van der Waals surface area contributed by atoms with Crippen LogP contribution in [-0.2, 0) is 11.3 Å². The van der Waals surface area contributed by atoms with Crippen LogP contribution in [0, 0.1) is 6.92 Å². The summed E-state index contributed by atoms with van der Waals surface area (Å²) in [4.78, 5) is 17.9. The number of amides is 1. The van der Waals surface area contributed by atoms with Gasteiger partial charge >= 0.3 is 0 Å².